The molecule has 1 heterocycles. The number of carbonyl (C=O) groups excluding carboxylic acids is 1. The minimum absolute atomic E-state index is 0.347. The van der Waals surface area contributed by atoms with Crippen molar-refractivity contribution in [3.8, 4) is 11.1 Å². The van der Waals surface area contributed by atoms with Gasteiger partial charge in [0.2, 0.25) is 0 Å². The van der Waals surface area contributed by atoms with Crippen LogP contribution in [0.1, 0.15) is 22.2 Å². The second kappa shape index (κ2) is 5.23. The monoisotopic (exact) mass is 261 g/mol. The van der Waals surface area contributed by atoms with Crippen LogP contribution in [0.5, 0.6) is 0 Å². The maximum Gasteiger partial charge on any atom is 0.350 e. The third-order valence-corrected chi connectivity index (χ3v) is 3.70. The molecule has 0 amide bonds. The molecule has 0 unspecified atom stereocenters. The van der Waals surface area contributed by atoms with Gasteiger partial charge in [0.25, 0.3) is 0 Å². The van der Waals surface area contributed by atoms with Crippen LogP contribution in [-0.2, 0) is 4.74 Å². The van der Waals surface area contributed by atoms with Gasteiger partial charge in [-0.2, -0.15) is 0 Å². The minimum atomic E-state index is -0.347. The van der Waals surface area contributed by atoms with Crippen LogP contribution in [0.25, 0.3) is 11.1 Å². The molecule has 4 heteroatoms. The highest BCUT2D eigenvalue weighted by atomic mass is 32.1. The molecule has 0 radical (unpaired) electrons. The molecular weight excluding hydrogens is 246 g/mol. The maximum atomic E-state index is 11.7. The number of nitrogens with two attached hydrogens (primary N) is 1. The van der Waals surface area contributed by atoms with Crippen LogP contribution < -0.4 is 5.73 Å². The number of hydrogen-bond donors (Lipinski definition) is 1. The van der Waals surface area contributed by atoms with Crippen molar-refractivity contribution in [1.82, 2.24) is 0 Å². The smallest absolute Gasteiger partial charge is 0.350 e. The Hall–Kier alpha value is -1.81. The van der Waals surface area contributed by atoms with Gasteiger partial charge in [0.15, 0.2) is 0 Å². The Morgan fingerprint density at radius 3 is 2.72 bits per heavy atom. The standard InChI is InChI=1S/C14H15NO2S/c1-3-17-14(16)13-12(15)11(8-18-13)10-7-5-4-6-9(10)2/h4-8H,3,15H2,1-2H3. The lowest BCUT2D eigenvalue weighted by Gasteiger charge is -2.05. The first-order valence-electron chi connectivity index (χ1n) is 5.75. The number of benzene rings is 1. The lowest BCUT2D eigenvalue weighted by molar-refractivity contribution is 0.0533. The van der Waals surface area contributed by atoms with Crippen LogP contribution in [0.15, 0.2) is 29.6 Å². The number of carbonyl (C=O) groups is 1. The molecule has 0 saturated carbocycles. The van der Waals surface area contributed by atoms with Gasteiger partial charge in [-0.15, -0.1) is 11.3 Å². The summed E-state index contributed by atoms with van der Waals surface area (Å²) in [6, 6.07) is 7.97. The maximum absolute atomic E-state index is 11.7. The zero-order valence-electron chi connectivity index (χ0n) is 10.4. The van der Waals surface area contributed by atoms with Crippen molar-refractivity contribution >= 4 is 23.0 Å². The van der Waals surface area contributed by atoms with Gasteiger partial charge in [0.1, 0.15) is 4.88 Å². The van der Waals surface area contributed by atoms with Crippen LogP contribution in [0, 0.1) is 6.92 Å². The molecular formula is C14H15NO2S. The molecule has 2 N–H and O–H groups in total. The summed E-state index contributed by atoms with van der Waals surface area (Å²) in [4.78, 5) is 12.2. The van der Waals surface area contributed by atoms with E-state index in [1.165, 1.54) is 11.3 Å². The lowest BCUT2D eigenvalue weighted by Crippen LogP contribution is -2.05. The quantitative estimate of drug-likeness (QED) is 0.860. The molecule has 0 spiro atoms. The van der Waals surface area contributed by atoms with Crippen LogP contribution in [-0.4, -0.2) is 12.6 Å². The van der Waals surface area contributed by atoms with Crippen LogP contribution in [0.2, 0.25) is 0 Å². The number of aryl methyl sites for hydroxylation is 1. The summed E-state index contributed by atoms with van der Waals surface area (Å²) >= 11 is 1.33. The fraction of sp³-hybridized carbons (Fsp3) is 0.214. The number of nitrogen functional groups attached to an aromatic ring is 1. The molecule has 3 nitrogen and oxygen atoms in total. The Bertz CT molecular complexity index is 575. The molecule has 0 aliphatic heterocycles. The van der Waals surface area contributed by atoms with E-state index in [-0.39, 0.29) is 5.97 Å². The molecule has 1 aromatic heterocycles. The molecule has 2 aromatic rings. The Morgan fingerprint density at radius 1 is 1.33 bits per heavy atom. The van der Waals surface area contributed by atoms with Crippen LogP contribution in [0.4, 0.5) is 5.69 Å². The SMILES string of the molecule is CCOC(=O)c1scc(-c2ccccc2C)c1N. The number of anilines is 1. The zero-order chi connectivity index (χ0) is 13.1. The van der Waals surface area contributed by atoms with E-state index in [2.05, 4.69) is 0 Å². The predicted molar refractivity (Wildman–Crippen MR) is 74.9 cm³/mol. The van der Waals surface area contributed by atoms with E-state index in [4.69, 9.17) is 10.5 Å². The topological polar surface area (TPSA) is 52.3 Å². The highest BCUT2D eigenvalue weighted by Crippen LogP contribution is 2.35. The Morgan fingerprint density at radius 2 is 2.06 bits per heavy atom. The lowest BCUT2D eigenvalue weighted by atomic mass is 10.0. The van der Waals surface area contributed by atoms with Crippen molar-refractivity contribution < 1.29 is 9.53 Å². The van der Waals surface area contributed by atoms with Crippen molar-refractivity contribution in [3.63, 3.8) is 0 Å². The van der Waals surface area contributed by atoms with Gasteiger partial charge >= 0.3 is 5.97 Å². The molecule has 0 bridgehead atoms. The Labute approximate surface area is 110 Å². The summed E-state index contributed by atoms with van der Waals surface area (Å²) in [6.45, 7) is 4.16. The van der Waals surface area contributed by atoms with Gasteiger partial charge in [0, 0.05) is 10.9 Å². The highest BCUT2D eigenvalue weighted by Gasteiger charge is 2.18. The first-order valence-corrected chi connectivity index (χ1v) is 6.63. The van der Waals surface area contributed by atoms with Crippen molar-refractivity contribution in [2.45, 2.75) is 13.8 Å². The first-order chi connectivity index (χ1) is 8.65. The normalized spacial score (nSPS) is 10.3. The third kappa shape index (κ3) is 2.24. The summed E-state index contributed by atoms with van der Waals surface area (Å²) in [6.07, 6.45) is 0. The van der Waals surface area contributed by atoms with Gasteiger partial charge in [-0.1, -0.05) is 24.3 Å². The predicted octanol–water partition coefficient (Wildman–Crippen LogP) is 3.48. The van der Waals surface area contributed by atoms with Crippen LogP contribution in [0.3, 0.4) is 0 Å². The number of rotatable bonds is 3. The summed E-state index contributed by atoms with van der Waals surface area (Å²) in [5, 5.41) is 1.91. The molecule has 0 aliphatic carbocycles. The molecule has 94 valence electrons. The molecule has 0 atom stereocenters. The zero-order valence-corrected chi connectivity index (χ0v) is 11.2. The molecule has 0 saturated heterocycles. The summed E-state index contributed by atoms with van der Waals surface area (Å²) in [7, 11) is 0. The van der Waals surface area contributed by atoms with E-state index in [1.807, 2.05) is 36.6 Å². The van der Waals surface area contributed by atoms with Gasteiger partial charge in [0.05, 0.1) is 12.3 Å². The molecule has 2 rings (SSSR count). The average molecular weight is 261 g/mol. The van der Waals surface area contributed by atoms with Crippen molar-refractivity contribution in [2.24, 2.45) is 0 Å². The summed E-state index contributed by atoms with van der Waals surface area (Å²) in [5.74, 6) is -0.347. The first kappa shape index (κ1) is 12.6. The van der Waals surface area contributed by atoms with Crippen molar-refractivity contribution in [1.29, 1.82) is 0 Å². The van der Waals surface area contributed by atoms with Gasteiger partial charge in [-0.05, 0) is 25.0 Å². The number of esters is 1. The molecule has 0 aliphatic rings. The average Bonchev–Trinajstić information content (AvgIpc) is 2.72. The summed E-state index contributed by atoms with van der Waals surface area (Å²) in [5.41, 5.74) is 9.65. The largest absolute Gasteiger partial charge is 0.462 e. The number of ether oxygens (including phenoxy) is 1. The van der Waals surface area contributed by atoms with E-state index in [0.29, 0.717) is 17.2 Å². The van der Waals surface area contributed by atoms with Crippen molar-refractivity contribution in [2.75, 3.05) is 12.3 Å². The number of thiophene rings is 1. The Balaban J connectivity index is 2.43. The highest BCUT2D eigenvalue weighted by molar-refractivity contribution is 7.13. The molecule has 0 fully saturated rings. The fourth-order valence-corrected chi connectivity index (χ4v) is 2.69. The third-order valence-electron chi connectivity index (χ3n) is 2.73. The van der Waals surface area contributed by atoms with E-state index in [0.717, 1.165) is 16.7 Å². The van der Waals surface area contributed by atoms with Gasteiger partial charge < -0.3 is 10.5 Å². The van der Waals surface area contributed by atoms with E-state index < -0.39 is 0 Å². The summed E-state index contributed by atoms with van der Waals surface area (Å²) < 4.78 is 4.98. The second-order valence-corrected chi connectivity index (χ2v) is 4.81. The van der Waals surface area contributed by atoms with E-state index in [9.17, 15) is 4.79 Å². The number of hydrogen-bond acceptors (Lipinski definition) is 4. The van der Waals surface area contributed by atoms with E-state index >= 15 is 0 Å². The van der Waals surface area contributed by atoms with E-state index in [1.54, 1.807) is 6.92 Å². The minimum Gasteiger partial charge on any atom is -0.462 e. The Kier molecular flexibility index (Phi) is 3.67. The second-order valence-electron chi connectivity index (χ2n) is 3.93. The van der Waals surface area contributed by atoms with Crippen LogP contribution >= 0.6 is 11.3 Å². The molecule has 18 heavy (non-hydrogen) atoms. The van der Waals surface area contributed by atoms with Gasteiger partial charge in [-0.25, -0.2) is 4.79 Å². The van der Waals surface area contributed by atoms with Gasteiger partial charge in [-0.3, -0.25) is 0 Å². The van der Waals surface area contributed by atoms with Crippen molar-refractivity contribution in [3.05, 3.63) is 40.1 Å². The fourth-order valence-electron chi connectivity index (χ4n) is 1.81. The molecule has 1 aromatic carbocycles.